The highest BCUT2D eigenvalue weighted by atomic mass is 16.5. The van der Waals surface area contributed by atoms with Gasteiger partial charge < -0.3 is 9.72 Å². The Bertz CT molecular complexity index is 1070. The van der Waals surface area contributed by atoms with Crippen LogP contribution in [0.5, 0.6) is 5.75 Å². The molecule has 0 radical (unpaired) electrons. The molecular weight excluding hydrogens is 364 g/mol. The van der Waals surface area contributed by atoms with Crippen LogP contribution in [-0.2, 0) is 26.1 Å². The van der Waals surface area contributed by atoms with Crippen LogP contribution < -0.4 is 4.74 Å². The van der Waals surface area contributed by atoms with Gasteiger partial charge in [-0.15, -0.1) is 0 Å². The SMILES string of the molecule is c1ccc(COc2cccc(CN3CCc4nc(-c5cn[nH]c5)[nH]c4C3)c2)nc1. The van der Waals surface area contributed by atoms with Gasteiger partial charge in [0.25, 0.3) is 0 Å². The van der Waals surface area contributed by atoms with Crippen LogP contribution in [0.3, 0.4) is 0 Å². The first kappa shape index (κ1) is 17.6. The maximum Gasteiger partial charge on any atom is 0.141 e. The highest BCUT2D eigenvalue weighted by Crippen LogP contribution is 2.24. The fourth-order valence-electron chi connectivity index (χ4n) is 3.63. The van der Waals surface area contributed by atoms with Gasteiger partial charge in [-0.1, -0.05) is 18.2 Å². The molecule has 1 aliphatic heterocycles. The van der Waals surface area contributed by atoms with Crippen molar-refractivity contribution < 1.29 is 4.74 Å². The number of fused-ring (bicyclic) bond motifs is 1. The zero-order valence-electron chi connectivity index (χ0n) is 16.0. The molecule has 0 amide bonds. The number of nitrogens with one attached hydrogen (secondary N) is 2. The van der Waals surface area contributed by atoms with Crippen molar-refractivity contribution in [3.8, 4) is 17.1 Å². The highest BCUT2D eigenvalue weighted by molar-refractivity contribution is 5.53. The van der Waals surface area contributed by atoms with E-state index in [4.69, 9.17) is 9.72 Å². The van der Waals surface area contributed by atoms with Gasteiger partial charge in [-0.2, -0.15) is 5.10 Å². The van der Waals surface area contributed by atoms with Crippen molar-refractivity contribution in [2.45, 2.75) is 26.1 Å². The fraction of sp³-hybridized carbons (Fsp3) is 0.227. The number of aromatic nitrogens is 5. The van der Waals surface area contributed by atoms with E-state index in [0.29, 0.717) is 6.61 Å². The molecule has 0 aliphatic carbocycles. The van der Waals surface area contributed by atoms with Gasteiger partial charge in [0.2, 0.25) is 0 Å². The lowest BCUT2D eigenvalue weighted by Crippen LogP contribution is -2.30. The van der Waals surface area contributed by atoms with Crippen molar-refractivity contribution in [1.82, 2.24) is 30.0 Å². The topological polar surface area (TPSA) is 82.7 Å². The summed E-state index contributed by atoms with van der Waals surface area (Å²) < 4.78 is 5.92. The van der Waals surface area contributed by atoms with Crippen LogP contribution in [0.15, 0.2) is 61.1 Å². The summed E-state index contributed by atoms with van der Waals surface area (Å²) in [5.41, 5.74) is 5.50. The van der Waals surface area contributed by atoms with E-state index in [1.807, 2.05) is 36.5 Å². The van der Waals surface area contributed by atoms with E-state index in [1.165, 1.54) is 11.3 Å². The smallest absolute Gasteiger partial charge is 0.141 e. The normalized spacial score (nSPS) is 13.9. The number of hydrogen-bond acceptors (Lipinski definition) is 5. The van der Waals surface area contributed by atoms with Crippen molar-refractivity contribution >= 4 is 0 Å². The van der Waals surface area contributed by atoms with E-state index in [1.54, 1.807) is 12.4 Å². The third kappa shape index (κ3) is 4.05. The molecule has 0 spiro atoms. The molecule has 146 valence electrons. The third-order valence-electron chi connectivity index (χ3n) is 5.10. The van der Waals surface area contributed by atoms with Crippen molar-refractivity contribution in [3.63, 3.8) is 0 Å². The summed E-state index contributed by atoms with van der Waals surface area (Å²) in [4.78, 5) is 14.9. The molecule has 7 nitrogen and oxygen atoms in total. The molecule has 0 saturated heterocycles. The van der Waals surface area contributed by atoms with Crippen molar-refractivity contribution in [2.75, 3.05) is 6.54 Å². The molecule has 1 aliphatic rings. The van der Waals surface area contributed by atoms with Gasteiger partial charge in [0.05, 0.1) is 28.8 Å². The number of nitrogens with zero attached hydrogens (tertiary/aromatic N) is 4. The van der Waals surface area contributed by atoms with Gasteiger partial charge in [0, 0.05) is 38.4 Å². The van der Waals surface area contributed by atoms with Gasteiger partial charge in [-0.05, 0) is 29.8 Å². The second-order valence-electron chi connectivity index (χ2n) is 7.22. The molecular formula is C22H22N6O. The summed E-state index contributed by atoms with van der Waals surface area (Å²) in [7, 11) is 0. The molecule has 2 N–H and O–H groups in total. The van der Waals surface area contributed by atoms with Crippen molar-refractivity contribution in [1.29, 1.82) is 0 Å². The van der Waals surface area contributed by atoms with Crippen LogP contribution in [0.2, 0.25) is 0 Å². The average molecular weight is 386 g/mol. The largest absolute Gasteiger partial charge is 0.487 e. The van der Waals surface area contributed by atoms with E-state index in [9.17, 15) is 0 Å². The van der Waals surface area contributed by atoms with Gasteiger partial charge in [-0.25, -0.2) is 4.98 Å². The number of ether oxygens (including phenoxy) is 1. The van der Waals surface area contributed by atoms with Gasteiger partial charge in [0.15, 0.2) is 0 Å². The minimum absolute atomic E-state index is 0.475. The maximum atomic E-state index is 5.92. The maximum absolute atomic E-state index is 5.92. The highest BCUT2D eigenvalue weighted by Gasteiger charge is 2.21. The quantitative estimate of drug-likeness (QED) is 0.531. The zero-order chi connectivity index (χ0) is 19.5. The molecule has 3 aromatic heterocycles. The van der Waals surface area contributed by atoms with E-state index in [-0.39, 0.29) is 0 Å². The fourth-order valence-corrected chi connectivity index (χ4v) is 3.63. The number of benzene rings is 1. The molecule has 0 unspecified atom stereocenters. The monoisotopic (exact) mass is 386 g/mol. The average Bonchev–Trinajstić information content (AvgIpc) is 3.43. The summed E-state index contributed by atoms with van der Waals surface area (Å²) in [5.74, 6) is 1.75. The summed E-state index contributed by atoms with van der Waals surface area (Å²) >= 11 is 0. The predicted octanol–water partition coefficient (Wildman–Crippen LogP) is 3.33. The van der Waals surface area contributed by atoms with Crippen LogP contribution in [0.1, 0.15) is 22.6 Å². The molecule has 4 aromatic rings. The first-order valence-corrected chi connectivity index (χ1v) is 9.74. The Morgan fingerprint density at radius 2 is 2.14 bits per heavy atom. The number of aromatic amines is 2. The molecule has 7 heteroatoms. The number of hydrogen-bond donors (Lipinski definition) is 2. The summed E-state index contributed by atoms with van der Waals surface area (Å²) in [5, 5.41) is 6.85. The second kappa shape index (κ2) is 7.89. The summed E-state index contributed by atoms with van der Waals surface area (Å²) in [6.45, 7) is 3.20. The Morgan fingerprint density at radius 1 is 1.14 bits per heavy atom. The van der Waals surface area contributed by atoms with Gasteiger partial charge >= 0.3 is 0 Å². The molecule has 4 heterocycles. The third-order valence-corrected chi connectivity index (χ3v) is 5.10. The predicted molar refractivity (Wildman–Crippen MR) is 109 cm³/mol. The molecule has 0 saturated carbocycles. The van der Waals surface area contributed by atoms with E-state index in [2.05, 4.69) is 37.2 Å². The van der Waals surface area contributed by atoms with E-state index in [0.717, 1.165) is 54.6 Å². The minimum atomic E-state index is 0.475. The Hall–Kier alpha value is -3.45. The number of rotatable bonds is 6. The zero-order valence-corrected chi connectivity index (χ0v) is 16.0. The lowest BCUT2D eigenvalue weighted by Gasteiger charge is -2.26. The standard InChI is InChI=1S/C22H22N6O/c1-2-8-23-18(5-1)15-29-19-6-3-4-16(10-19)13-28-9-7-20-21(14-28)27-22(26-20)17-11-24-25-12-17/h1-6,8,10-12H,7,9,13-15H2,(H,24,25)(H,26,27). The Labute approximate surface area is 168 Å². The number of imidazole rings is 1. The molecule has 29 heavy (non-hydrogen) atoms. The van der Waals surface area contributed by atoms with Crippen LogP contribution in [-0.4, -0.2) is 36.6 Å². The van der Waals surface area contributed by atoms with Crippen molar-refractivity contribution in [2.24, 2.45) is 0 Å². The Kier molecular flexibility index (Phi) is 4.80. The molecule has 5 rings (SSSR count). The minimum Gasteiger partial charge on any atom is -0.487 e. The number of H-pyrrole nitrogens is 2. The van der Waals surface area contributed by atoms with Crippen LogP contribution in [0.4, 0.5) is 0 Å². The first-order chi connectivity index (χ1) is 14.3. The van der Waals surface area contributed by atoms with Gasteiger partial charge in [0.1, 0.15) is 18.2 Å². The second-order valence-corrected chi connectivity index (χ2v) is 7.22. The Balaban J connectivity index is 1.23. The molecule has 0 atom stereocenters. The first-order valence-electron chi connectivity index (χ1n) is 9.74. The summed E-state index contributed by atoms with van der Waals surface area (Å²) in [6.07, 6.45) is 6.38. The lowest BCUT2D eigenvalue weighted by molar-refractivity contribution is 0.240. The van der Waals surface area contributed by atoms with E-state index < -0.39 is 0 Å². The van der Waals surface area contributed by atoms with Gasteiger partial charge in [-0.3, -0.25) is 15.0 Å². The molecule has 1 aromatic carbocycles. The molecule has 0 fully saturated rings. The lowest BCUT2D eigenvalue weighted by atomic mass is 10.1. The van der Waals surface area contributed by atoms with E-state index >= 15 is 0 Å². The number of pyridine rings is 1. The van der Waals surface area contributed by atoms with Crippen LogP contribution >= 0.6 is 0 Å². The van der Waals surface area contributed by atoms with Crippen molar-refractivity contribution in [3.05, 3.63) is 83.7 Å². The summed E-state index contributed by atoms with van der Waals surface area (Å²) in [6, 6.07) is 14.2. The van der Waals surface area contributed by atoms with Crippen LogP contribution in [0, 0.1) is 0 Å². The Morgan fingerprint density at radius 3 is 3.00 bits per heavy atom. The molecule has 0 bridgehead atoms. The van der Waals surface area contributed by atoms with Crippen LogP contribution in [0.25, 0.3) is 11.4 Å².